The summed E-state index contributed by atoms with van der Waals surface area (Å²) in [6.07, 6.45) is 5.52. The van der Waals surface area contributed by atoms with Gasteiger partial charge in [0, 0.05) is 42.7 Å². The molecule has 0 radical (unpaired) electrons. The van der Waals surface area contributed by atoms with Gasteiger partial charge in [0.2, 0.25) is 17.5 Å². The van der Waals surface area contributed by atoms with Gasteiger partial charge in [0.1, 0.15) is 5.75 Å². The number of hydrogen-bond donors (Lipinski definition) is 4. The van der Waals surface area contributed by atoms with E-state index in [-0.39, 0.29) is 11.7 Å². The van der Waals surface area contributed by atoms with Crippen LogP contribution in [0, 0.1) is 11.8 Å². The van der Waals surface area contributed by atoms with Gasteiger partial charge in [-0.3, -0.25) is 14.4 Å². The lowest BCUT2D eigenvalue weighted by molar-refractivity contribution is -0.187. The molecule has 5 rings (SSSR count). The average Bonchev–Trinajstić information content (AvgIpc) is 3.25. The lowest BCUT2D eigenvalue weighted by Crippen LogP contribution is -2.71. The van der Waals surface area contributed by atoms with Crippen LogP contribution in [0.25, 0.3) is 0 Å². The van der Waals surface area contributed by atoms with Crippen molar-refractivity contribution in [2.45, 2.75) is 95.1 Å². The van der Waals surface area contributed by atoms with Crippen LogP contribution < -0.4 is 4.74 Å². The Morgan fingerprint density at radius 3 is 1.67 bits per heavy atom. The molecule has 60 heavy (non-hydrogen) atoms. The van der Waals surface area contributed by atoms with E-state index in [0.717, 1.165) is 94.5 Å². The molecule has 2 aliphatic rings. The Morgan fingerprint density at radius 1 is 0.750 bits per heavy atom. The van der Waals surface area contributed by atoms with Crippen LogP contribution in [0.2, 0.25) is 0 Å². The maximum atomic E-state index is 12.9. The molecule has 1 saturated carbocycles. The van der Waals surface area contributed by atoms with Crippen LogP contribution >= 0.6 is 0 Å². The number of aliphatic carboxylic acids is 2. The molecule has 2 fully saturated rings. The van der Waals surface area contributed by atoms with Crippen molar-refractivity contribution >= 4 is 29.4 Å². The molecule has 3 unspecified atom stereocenters. The summed E-state index contributed by atoms with van der Waals surface area (Å²) in [7, 11) is 0. The van der Waals surface area contributed by atoms with Gasteiger partial charge < -0.3 is 35.0 Å². The SMILES string of the molecule is CCCN(CC1CCN(C(=O)C2CCCCC2)CC1)C(C)Cc1ccc(OCC(F)(F)F)cc1.O=C(O)C(O)(C(=O)c1ccccc1)C(O)(C(=O)O)C(=O)c1ccccc1. The number of hydrogen-bond acceptors (Lipinski definition) is 9. The molecule has 3 aromatic carbocycles. The highest BCUT2D eigenvalue weighted by atomic mass is 19.4. The lowest BCUT2D eigenvalue weighted by Gasteiger charge is -2.38. The first-order chi connectivity index (χ1) is 28.4. The zero-order valence-electron chi connectivity index (χ0n) is 34.0. The summed E-state index contributed by atoms with van der Waals surface area (Å²) in [5.74, 6) is -6.54. The lowest BCUT2D eigenvalue weighted by atomic mass is 9.73. The van der Waals surface area contributed by atoms with E-state index in [0.29, 0.717) is 17.9 Å². The second kappa shape index (κ2) is 21.4. The number of ether oxygens (including phenoxy) is 1. The average molecular weight is 841 g/mol. The molecule has 1 aliphatic heterocycles. The first kappa shape index (κ1) is 47.6. The molecule has 326 valence electrons. The van der Waals surface area contributed by atoms with E-state index in [1.807, 2.05) is 12.1 Å². The summed E-state index contributed by atoms with van der Waals surface area (Å²) in [6.45, 7) is 6.98. The van der Waals surface area contributed by atoms with Crippen LogP contribution in [0.1, 0.15) is 91.5 Å². The minimum absolute atomic E-state index is 0.244. The summed E-state index contributed by atoms with van der Waals surface area (Å²) in [5, 5.41) is 39.9. The van der Waals surface area contributed by atoms with Gasteiger partial charge in [0.15, 0.2) is 6.61 Å². The summed E-state index contributed by atoms with van der Waals surface area (Å²) in [5.41, 5.74) is -7.59. The van der Waals surface area contributed by atoms with E-state index in [2.05, 4.69) is 23.6 Å². The number of likely N-dealkylation sites (tertiary alicyclic amines) is 1. The molecule has 1 saturated heterocycles. The second-order valence-electron chi connectivity index (χ2n) is 15.6. The molecule has 0 spiro atoms. The first-order valence-electron chi connectivity index (χ1n) is 20.3. The highest BCUT2D eigenvalue weighted by Crippen LogP contribution is 2.32. The van der Waals surface area contributed by atoms with E-state index in [1.54, 1.807) is 12.1 Å². The summed E-state index contributed by atoms with van der Waals surface area (Å²) < 4.78 is 41.8. The Kier molecular flexibility index (Phi) is 17.0. The number of benzene rings is 3. The third-order valence-corrected chi connectivity index (χ3v) is 11.2. The van der Waals surface area contributed by atoms with Gasteiger partial charge in [0.05, 0.1) is 0 Å². The van der Waals surface area contributed by atoms with E-state index >= 15 is 0 Å². The van der Waals surface area contributed by atoms with Crippen molar-refractivity contribution in [1.29, 1.82) is 0 Å². The van der Waals surface area contributed by atoms with Crippen LogP contribution in [0.3, 0.4) is 0 Å². The van der Waals surface area contributed by atoms with E-state index in [9.17, 15) is 57.6 Å². The summed E-state index contributed by atoms with van der Waals surface area (Å²) in [4.78, 5) is 66.0. The number of carbonyl (C=O) groups is 5. The minimum Gasteiger partial charge on any atom is -0.484 e. The van der Waals surface area contributed by atoms with Crippen molar-refractivity contribution in [2.75, 3.05) is 32.8 Å². The molecule has 1 heterocycles. The number of nitrogens with zero attached hydrogens (tertiary/aromatic N) is 2. The smallest absolute Gasteiger partial charge is 0.422 e. The van der Waals surface area contributed by atoms with Gasteiger partial charge >= 0.3 is 18.1 Å². The number of aliphatic hydroxyl groups is 2. The Labute approximate surface area is 348 Å². The summed E-state index contributed by atoms with van der Waals surface area (Å²) in [6, 6.07) is 20.1. The topological polar surface area (TPSA) is 182 Å². The number of carboxylic acids is 2. The number of piperidine rings is 1. The van der Waals surface area contributed by atoms with Crippen LogP contribution in [0.5, 0.6) is 5.75 Å². The molecule has 0 bridgehead atoms. The molecule has 3 aromatic rings. The molecule has 1 aliphatic carbocycles. The fraction of sp³-hybridized carbons (Fsp3) is 0.489. The largest absolute Gasteiger partial charge is 0.484 e. The molecule has 1 amide bonds. The van der Waals surface area contributed by atoms with Gasteiger partial charge in [-0.15, -0.1) is 0 Å². The van der Waals surface area contributed by atoms with Crippen LogP contribution in [0.15, 0.2) is 84.9 Å². The van der Waals surface area contributed by atoms with E-state index in [4.69, 9.17) is 4.74 Å². The molecule has 3 atom stereocenters. The normalized spacial score (nSPS) is 17.6. The zero-order chi connectivity index (χ0) is 44.1. The number of carboxylic acid groups (broad SMARTS) is 2. The second-order valence-corrected chi connectivity index (χ2v) is 15.6. The summed E-state index contributed by atoms with van der Waals surface area (Å²) >= 11 is 0. The van der Waals surface area contributed by atoms with Crippen molar-refractivity contribution in [1.82, 2.24) is 9.80 Å². The fourth-order valence-electron chi connectivity index (χ4n) is 7.84. The molecular formula is C45H55F3N2O10. The quantitative estimate of drug-likeness (QED) is 0.0864. The highest BCUT2D eigenvalue weighted by Gasteiger charge is 2.69. The third-order valence-electron chi connectivity index (χ3n) is 11.2. The van der Waals surface area contributed by atoms with Gasteiger partial charge in [-0.25, -0.2) is 9.59 Å². The van der Waals surface area contributed by atoms with E-state index in [1.165, 1.54) is 55.7 Å². The third kappa shape index (κ3) is 12.0. The van der Waals surface area contributed by atoms with Crippen LogP contribution in [0.4, 0.5) is 13.2 Å². The van der Waals surface area contributed by atoms with Gasteiger partial charge in [-0.05, 0) is 75.6 Å². The number of amides is 1. The minimum atomic E-state index is -4.33. The predicted molar refractivity (Wildman–Crippen MR) is 216 cm³/mol. The monoisotopic (exact) mass is 840 g/mol. The molecule has 0 aromatic heterocycles. The van der Waals surface area contributed by atoms with Crippen LogP contribution in [-0.4, -0.2) is 116 Å². The number of Topliss-reactive ketones (excluding diaryl/α,β-unsaturated/α-hetero) is 2. The van der Waals surface area contributed by atoms with Gasteiger partial charge in [-0.2, -0.15) is 13.2 Å². The van der Waals surface area contributed by atoms with Crippen LogP contribution in [-0.2, 0) is 20.8 Å². The van der Waals surface area contributed by atoms with Gasteiger partial charge in [-0.1, -0.05) is 99.0 Å². The first-order valence-corrected chi connectivity index (χ1v) is 20.3. The Hall–Kier alpha value is -5.12. The highest BCUT2D eigenvalue weighted by molar-refractivity contribution is 6.28. The standard InChI is InChI=1S/C27H41F3N2O2.C18H14O8/c1-3-15-32(21(2)18-22-9-11-25(12-10-22)34-20-27(28,29)30)19-23-13-16-31(17-14-23)26(33)24-7-5-4-6-8-24;19-13(11-7-3-1-4-8-11)17(25,15(21)22)18(26,16(23)24)14(20)12-9-5-2-6-10-12/h9-12,21,23-24H,3-8,13-20H2,1-2H3;1-10,25-26H,(H,21,22)(H,23,24). The van der Waals surface area contributed by atoms with Crippen molar-refractivity contribution in [3.63, 3.8) is 0 Å². The molecule has 4 N–H and O–H groups in total. The Morgan fingerprint density at radius 2 is 1.23 bits per heavy atom. The number of halogens is 3. The maximum absolute atomic E-state index is 12.9. The van der Waals surface area contributed by atoms with E-state index < -0.39 is 58.6 Å². The van der Waals surface area contributed by atoms with Crippen molar-refractivity contribution in [3.8, 4) is 5.75 Å². The molecule has 15 heteroatoms. The number of ketones is 2. The Bertz CT molecular complexity index is 1810. The number of alkyl halides is 3. The fourth-order valence-corrected chi connectivity index (χ4v) is 7.84. The van der Waals surface area contributed by atoms with Gasteiger partial charge in [0.25, 0.3) is 11.2 Å². The number of rotatable bonds is 17. The molecule has 12 nitrogen and oxygen atoms in total. The number of carbonyl (C=O) groups excluding carboxylic acids is 3. The predicted octanol–water partition coefficient (Wildman–Crippen LogP) is 6.47. The maximum Gasteiger partial charge on any atom is 0.422 e. The zero-order valence-corrected chi connectivity index (χ0v) is 34.0. The Balaban J connectivity index is 0.000000275. The van der Waals surface area contributed by atoms with Crippen molar-refractivity contribution in [3.05, 3.63) is 102 Å². The van der Waals surface area contributed by atoms with Crippen molar-refractivity contribution in [2.24, 2.45) is 11.8 Å². The molecular weight excluding hydrogens is 785 g/mol. The van der Waals surface area contributed by atoms with Crippen molar-refractivity contribution < 1.29 is 62.3 Å².